The lowest BCUT2D eigenvalue weighted by Gasteiger charge is -2.41. The maximum atomic E-state index is 12.8. The van der Waals surface area contributed by atoms with E-state index < -0.39 is 81.8 Å². The highest BCUT2D eigenvalue weighted by Crippen LogP contribution is 2.47. The molecule has 4 unspecified atom stereocenters. The maximum Gasteiger partial charge on any atom is 0.472 e. The number of unbranched alkanes of at least 4 members (excludes halogenated alkanes) is 7. The number of phosphoric acid groups is 1. The van der Waals surface area contributed by atoms with Gasteiger partial charge in [-0.05, 0) is 83.5 Å². The van der Waals surface area contributed by atoms with E-state index in [-0.39, 0.29) is 12.8 Å². The van der Waals surface area contributed by atoms with Crippen molar-refractivity contribution in [2.24, 2.45) is 0 Å². The van der Waals surface area contributed by atoms with E-state index in [0.717, 1.165) is 38.5 Å². The Morgan fingerprint density at radius 2 is 1.02 bits per heavy atom. The summed E-state index contributed by atoms with van der Waals surface area (Å²) in [6.07, 6.45) is 37.4. The Bertz CT molecular complexity index is 1580. The largest absolute Gasteiger partial charge is 0.472 e. The summed E-state index contributed by atoms with van der Waals surface area (Å²) >= 11 is 0. The second-order valence-electron chi connectivity index (χ2n) is 16.1. The van der Waals surface area contributed by atoms with Crippen molar-refractivity contribution < 1.29 is 68.2 Å². The lowest BCUT2D eigenvalue weighted by atomic mass is 9.85. The average Bonchev–Trinajstić information content (AvgIpc) is 3.29. The van der Waals surface area contributed by atoms with Gasteiger partial charge in [-0.25, -0.2) is 4.57 Å². The number of aliphatic hydroxyl groups is 6. The van der Waals surface area contributed by atoms with Crippen LogP contribution in [0.4, 0.5) is 0 Å². The highest BCUT2D eigenvalue weighted by molar-refractivity contribution is 7.47. The van der Waals surface area contributed by atoms with E-state index in [4.69, 9.17) is 18.5 Å². The fraction of sp³-hybridized carbons (Fsp3) is 0.608. The molecule has 14 nitrogen and oxygen atoms in total. The minimum Gasteiger partial charge on any atom is -0.462 e. The molecule has 374 valence electrons. The molecule has 1 rings (SSSR count). The van der Waals surface area contributed by atoms with Crippen LogP contribution in [0.1, 0.15) is 136 Å². The van der Waals surface area contributed by atoms with Gasteiger partial charge in [0.1, 0.15) is 43.2 Å². The predicted octanol–water partition coefficient (Wildman–Crippen LogP) is 8.58. The van der Waals surface area contributed by atoms with Crippen LogP contribution in [0.3, 0.4) is 0 Å². The Balaban J connectivity index is 2.60. The Hall–Kier alpha value is -3.53. The zero-order valence-corrected chi connectivity index (χ0v) is 40.2. The molecule has 0 amide bonds. The summed E-state index contributed by atoms with van der Waals surface area (Å²) in [5, 5.41) is 60.3. The van der Waals surface area contributed by atoms with E-state index in [2.05, 4.69) is 68.5 Å². The normalized spacial score (nSPS) is 22.7. The van der Waals surface area contributed by atoms with Gasteiger partial charge in [0.2, 0.25) is 0 Å². The monoisotopic (exact) mass is 949 g/mol. The summed E-state index contributed by atoms with van der Waals surface area (Å²) in [4.78, 5) is 35.7. The highest BCUT2D eigenvalue weighted by atomic mass is 31.2. The number of phosphoric ester groups is 1. The Kier molecular flexibility index (Phi) is 36.2. The molecule has 0 spiro atoms. The molecule has 0 aromatic heterocycles. The molecule has 0 aromatic rings. The third kappa shape index (κ3) is 31.4. The van der Waals surface area contributed by atoms with Gasteiger partial charge in [0.15, 0.2) is 6.10 Å². The van der Waals surface area contributed by atoms with E-state index in [1.165, 1.54) is 38.5 Å². The summed E-state index contributed by atoms with van der Waals surface area (Å²) < 4.78 is 33.3. The minimum atomic E-state index is -5.18. The number of hydrogen-bond donors (Lipinski definition) is 7. The van der Waals surface area contributed by atoms with Crippen molar-refractivity contribution in [3.63, 3.8) is 0 Å². The van der Waals surface area contributed by atoms with Crippen LogP contribution >= 0.6 is 7.82 Å². The van der Waals surface area contributed by atoms with Crippen LogP contribution in [0, 0.1) is 0 Å². The molecule has 0 heterocycles. The van der Waals surface area contributed by atoms with E-state index in [1.807, 2.05) is 36.5 Å². The SMILES string of the molecule is CCCCC/C=C\C/C=C\C/C=C\C/C=C\C/C=C\CCC(=O)O[C@H](COC(=O)CCC/C=C/C=C\C(O)C/C=C\C/C=C\CCCCC)COP(=O)(O)OC1[C@H](O)[C@H](O)C(O)[C@H](O)[C@H]1O. The van der Waals surface area contributed by atoms with Gasteiger partial charge in [0, 0.05) is 12.8 Å². The van der Waals surface area contributed by atoms with E-state index in [9.17, 15) is 49.7 Å². The van der Waals surface area contributed by atoms with Crippen molar-refractivity contribution in [3.05, 3.63) is 109 Å². The van der Waals surface area contributed by atoms with Gasteiger partial charge < -0.3 is 45.0 Å². The quantitative estimate of drug-likeness (QED) is 0.0102. The number of carbonyl (C=O) groups is 2. The zero-order chi connectivity index (χ0) is 48.7. The van der Waals surface area contributed by atoms with Crippen LogP contribution in [-0.2, 0) is 32.7 Å². The lowest BCUT2D eigenvalue weighted by molar-refractivity contribution is -0.220. The molecule has 0 radical (unpaired) electrons. The molecule has 0 aliphatic heterocycles. The van der Waals surface area contributed by atoms with Gasteiger partial charge in [-0.3, -0.25) is 18.6 Å². The van der Waals surface area contributed by atoms with Crippen molar-refractivity contribution in [2.45, 2.75) is 185 Å². The Morgan fingerprint density at radius 3 is 1.55 bits per heavy atom. The van der Waals surface area contributed by atoms with Crippen LogP contribution in [0.5, 0.6) is 0 Å². The van der Waals surface area contributed by atoms with Crippen LogP contribution in [-0.4, -0.2) is 110 Å². The molecule has 9 atom stereocenters. The standard InChI is InChI=1S/C51H81O14P/c1-3-5-7-9-11-13-14-15-16-17-18-19-20-21-22-24-26-30-35-39-45(54)64-43(41-63-66(60,61)65-51-49(58)47(56)46(55)48(57)50(51)59)40-62-44(53)38-34-31-27-29-33-37-42(52)36-32-28-25-23-12-10-8-6-4-2/h11-13,15-16,18-19,21-23,26-30,32-33,37,42-43,46-52,55-59H,3-10,14,17,20,24-25,31,34-36,38-41H2,1-2H3,(H,60,61)/b13-11-,16-15-,19-18-,22-21-,23-12-,29-27+,30-26-,32-28-,37-33-/t42?,43-,46?,47-,48+,49-,50-,51?/m1/s1. The summed E-state index contributed by atoms with van der Waals surface area (Å²) in [7, 11) is -5.18. The van der Waals surface area contributed by atoms with Gasteiger partial charge >= 0.3 is 19.8 Å². The second-order valence-corrected chi connectivity index (χ2v) is 17.5. The first-order valence-electron chi connectivity index (χ1n) is 23.8. The van der Waals surface area contributed by atoms with Crippen molar-refractivity contribution >= 4 is 19.8 Å². The minimum absolute atomic E-state index is 0.00977. The number of ether oxygens (including phenoxy) is 2. The number of hydrogen-bond acceptors (Lipinski definition) is 13. The number of rotatable bonds is 37. The first-order valence-corrected chi connectivity index (χ1v) is 25.3. The maximum absolute atomic E-state index is 12.8. The third-order valence-electron chi connectivity index (χ3n) is 10.2. The molecular weight excluding hydrogens is 868 g/mol. The Labute approximate surface area is 394 Å². The molecule has 1 aliphatic carbocycles. The number of allylic oxidation sites excluding steroid dienone is 16. The van der Waals surface area contributed by atoms with Crippen LogP contribution in [0.2, 0.25) is 0 Å². The molecule has 0 aromatic carbocycles. The van der Waals surface area contributed by atoms with Crippen LogP contribution in [0.25, 0.3) is 0 Å². The fourth-order valence-corrected chi connectivity index (χ4v) is 7.25. The summed E-state index contributed by atoms with van der Waals surface area (Å²) in [6.45, 7) is 3.04. The molecule has 15 heteroatoms. The summed E-state index contributed by atoms with van der Waals surface area (Å²) in [6, 6.07) is 0. The van der Waals surface area contributed by atoms with Crippen molar-refractivity contribution in [1.82, 2.24) is 0 Å². The van der Waals surface area contributed by atoms with Crippen molar-refractivity contribution in [1.29, 1.82) is 0 Å². The predicted molar refractivity (Wildman–Crippen MR) is 259 cm³/mol. The van der Waals surface area contributed by atoms with Gasteiger partial charge in [0.05, 0.1) is 12.7 Å². The number of aliphatic hydroxyl groups excluding tert-OH is 6. The number of carbonyl (C=O) groups excluding carboxylic acids is 2. The molecular formula is C51H81O14P. The molecule has 0 bridgehead atoms. The summed E-state index contributed by atoms with van der Waals surface area (Å²) in [5.74, 6) is -1.34. The van der Waals surface area contributed by atoms with Gasteiger partial charge in [-0.15, -0.1) is 0 Å². The fourth-order valence-electron chi connectivity index (χ4n) is 6.28. The molecule has 66 heavy (non-hydrogen) atoms. The van der Waals surface area contributed by atoms with Crippen LogP contribution < -0.4 is 0 Å². The topological polar surface area (TPSA) is 230 Å². The Morgan fingerprint density at radius 1 is 0.545 bits per heavy atom. The van der Waals surface area contributed by atoms with Gasteiger partial charge in [0.25, 0.3) is 0 Å². The molecule has 7 N–H and O–H groups in total. The number of esters is 2. The van der Waals surface area contributed by atoms with Crippen molar-refractivity contribution in [3.8, 4) is 0 Å². The third-order valence-corrected chi connectivity index (χ3v) is 11.2. The van der Waals surface area contributed by atoms with E-state index in [1.54, 1.807) is 18.2 Å². The molecule has 1 fully saturated rings. The smallest absolute Gasteiger partial charge is 0.462 e. The second kappa shape index (κ2) is 39.5. The lowest BCUT2D eigenvalue weighted by Crippen LogP contribution is -2.64. The zero-order valence-electron chi connectivity index (χ0n) is 39.3. The molecule has 0 saturated heterocycles. The summed E-state index contributed by atoms with van der Waals surface area (Å²) in [5.41, 5.74) is 0. The van der Waals surface area contributed by atoms with E-state index in [0.29, 0.717) is 32.1 Å². The molecule has 1 saturated carbocycles. The van der Waals surface area contributed by atoms with Crippen LogP contribution in [0.15, 0.2) is 109 Å². The van der Waals surface area contributed by atoms with E-state index >= 15 is 0 Å². The highest BCUT2D eigenvalue weighted by Gasteiger charge is 2.51. The first-order chi connectivity index (χ1) is 31.8. The van der Waals surface area contributed by atoms with Crippen molar-refractivity contribution in [2.75, 3.05) is 13.2 Å². The molecule has 1 aliphatic rings. The van der Waals surface area contributed by atoms with Gasteiger partial charge in [-0.1, -0.05) is 149 Å². The first kappa shape index (κ1) is 60.5. The van der Waals surface area contributed by atoms with Gasteiger partial charge in [-0.2, -0.15) is 0 Å². The average molecular weight is 949 g/mol.